The van der Waals surface area contributed by atoms with E-state index >= 15 is 0 Å². The molecule has 0 aliphatic heterocycles. The number of rotatable bonds is 4. The summed E-state index contributed by atoms with van der Waals surface area (Å²) in [6, 6.07) is 1.95. The van der Waals surface area contributed by atoms with Crippen LogP contribution >= 0.6 is 31.9 Å². The van der Waals surface area contributed by atoms with Crippen LogP contribution < -0.4 is 9.47 Å². The van der Waals surface area contributed by atoms with Gasteiger partial charge in [-0.25, -0.2) is 0 Å². The van der Waals surface area contributed by atoms with Gasteiger partial charge in [0.1, 0.15) is 19.3 Å². The van der Waals surface area contributed by atoms with Gasteiger partial charge in [0.2, 0.25) is 0 Å². The number of hydrogen-bond donors (Lipinski definition) is 0. The van der Waals surface area contributed by atoms with Crippen LogP contribution in [0, 0.1) is 0 Å². The summed E-state index contributed by atoms with van der Waals surface area (Å²) in [5, 5.41) is 0.759. The molecule has 0 radical (unpaired) electrons. The van der Waals surface area contributed by atoms with Gasteiger partial charge in [-0.1, -0.05) is 22.3 Å². The van der Waals surface area contributed by atoms with E-state index in [2.05, 4.69) is 39.7 Å². The third-order valence-electron chi connectivity index (χ3n) is 2.32. The summed E-state index contributed by atoms with van der Waals surface area (Å²) in [4.78, 5) is 0. The lowest BCUT2D eigenvalue weighted by atomic mass is 9.92. The van der Waals surface area contributed by atoms with E-state index in [4.69, 9.17) is 9.47 Å². The fourth-order valence-electron chi connectivity index (χ4n) is 1.63. The average Bonchev–Trinajstić information content (AvgIpc) is 2.27. The van der Waals surface area contributed by atoms with Crippen molar-refractivity contribution in [1.29, 1.82) is 0 Å². The number of ether oxygens (including phenoxy) is 2. The molecule has 0 unspecified atom stereocenters. The first-order chi connectivity index (χ1) is 7.19. The van der Waals surface area contributed by atoms with Gasteiger partial charge in [0.05, 0.1) is 18.7 Å². The van der Waals surface area contributed by atoms with Crippen LogP contribution in [-0.2, 0) is 11.7 Å². The van der Waals surface area contributed by atoms with Crippen LogP contribution in [0.25, 0.3) is 0 Å². The first-order valence-corrected chi connectivity index (χ1v) is 6.59. The normalized spacial score (nSPS) is 10.1. The molecule has 0 heterocycles. The molecule has 0 N–H and O–H groups in total. The molecular weight excluding hydrogens is 323 g/mol. The minimum absolute atomic E-state index is 0.759. The van der Waals surface area contributed by atoms with Crippen molar-refractivity contribution in [3.05, 3.63) is 21.7 Å². The fraction of sp³-hybridized carbons (Fsp3) is 0.400. The van der Waals surface area contributed by atoms with Gasteiger partial charge in [-0.05, 0) is 27.6 Å². The van der Waals surface area contributed by atoms with Crippen molar-refractivity contribution < 1.29 is 9.47 Å². The molecule has 5 heteroatoms. The molecule has 0 aromatic heterocycles. The van der Waals surface area contributed by atoms with Crippen LogP contribution in [0.2, 0.25) is 0 Å². The van der Waals surface area contributed by atoms with Gasteiger partial charge < -0.3 is 9.47 Å². The molecule has 0 aliphatic rings. The number of halogens is 2. The van der Waals surface area contributed by atoms with E-state index in [0.717, 1.165) is 33.2 Å². The third kappa shape index (κ3) is 2.51. The molecule has 0 spiro atoms. The Morgan fingerprint density at radius 1 is 1.27 bits per heavy atom. The van der Waals surface area contributed by atoms with E-state index < -0.39 is 0 Å². The monoisotopic (exact) mass is 334 g/mol. The van der Waals surface area contributed by atoms with Crippen LogP contribution in [0.1, 0.15) is 11.1 Å². The van der Waals surface area contributed by atoms with E-state index in [1.54, 1.807) is 14.2 Å². The Kier molecular flexibility index (Phi) is 4.99. The molecule has 0 aliphatic carbocycles. The van der Waals surface area contributed by atoms with Gasteiger partial charge in [-0.2, -0.15) is 0 Å². The highest BCUT2D eigenvalue weighted by Gasteiger charge is 2.15. The van der Waals surface area contributed by atoms with Crippen molar-refractivity contribution in [2.24, 2.45) is 0 Å². The lowest BCUT2D eigenvalue weighted by Crippen LogP contribution is -2.01. The third-order valence-corrected chi connectivity index (χ3v) is 3.47. The van der Waals surface area contributed by atoms with Crippen LogP contribution in [0.15, 0.2) is 10.5 Å². The second-order valence-electron chi connectivity index (χ2n) is 3.04. The summed E-state index contributed by atoms with van der Waals surface area (Å²) < 4.78 is 11.7. The highest BCUT2D eigenvalue weighted by molar-refractivity contribution is 9.10. The Morgan fingerprint density at radius 3 is 2.33 bits per heavy atom. The molecule has 0 amide bonds. The number of hydrogen-bond acceptors (Lipinski definition) is 2. The van der Waals surface area contributed by atoms with Crippen LogP contribution in [0.3, 0.4) is 0 Å². The zero-order chi connectivity index (χ0) is 11.4. The van der Waals surface area contributed by atoms with Gasteiger partial charge in [-0.15, -0.1) is 0 Å². The lowest BCUT2D eigenvalue weighted by Gasteiger charge is -2.16. The number of alkyl halides is 1. The molecular formula is C10H13BBr2O2. The van der Waals surface area contributed by atoms with E-state index in [1.165, 1.54) is 5.56 Å². The maximum atomic E-state index is 5.38. The SMILES string of the molecule is BCc1c(OC)cc(Br)c(OC)c1CBr. The second-order valence-corrected chi connectivity index (χ2v) is 4.45. The van der Waals surface area contributed by atoms with E-state index in [-0.39, 0.29) is 0 Å². The van der Waals surface area contributed by atoms with E-state index in [0.29, 0.717) is 0 Å². The Balaban J connectivity index is 3.44. The Hall–Kier alpha value is -0.155. The smallest absolute Gasteiger partial charge is 0.137 e. The summed E-state index contributed by atoms with van der Waals surface area (Å²) in [5.74, 6) is 1.78. The van der Waals surface area contributed by atoms with Gasteiger partial charge in [0.15, 0.2) is 0 Å². The minimum Gasteiger partial charge on any atom is -0.496 e. The summed E-state index contributed by atoms with van der Waals surface area (Å²) in [6.07, 6.45) is 0.924. The zero-order valence-electron chi connectivity index (χ0n) is 9.06. The zero-order valence-corrected chi connectivity index (χ0v) is 12.2. The van der Waals surface area contributed by atoms with Gasteiger partial charge >= 0.3 is 0 Å². The molecule has 1 aromatic carbocycles. The predicted octanol–water partition coefficient (Wildman–Crippen LogP) is 2.49. The topological polar surface area (TPSA) is 18.5 Å². The van der Waals surface area contributed by atoms with Crippen molar-refractivity contribution in [1.82, 2.24) is 0 Å². The molecule has 2 nitrogen and oxygen atoms in total. The Labute approximate surface area is 108 Å². The van der Waals surface area contributed by atoms with Crippen molar-refractivity contribution in [2.75, 3.05) is 14.2 Å². The average molecular weight is 336 g/mol. The molecule has 0 atom stereocenters. The fourth-order valence-corrected chi connectivity index (χ4v) is 2.83. The molecule has 1 rings (SSSR count). The second kappa shape index (κ2) is 5.80. The van der Waals surface area contributed by atoms with Crippen molar-refractivity contribution in [3.8, 4) is 11.5 Å². The summed E-state index contributed by atoms with van der Waals surface area (Å²) in [6.45, 7) is 0. The van der Waals surface area contributed by atoms with Crippen LogP contribution in [0.4, 0.5) is 0 Å². The number of methoxy groups -OCH3 is 2. The first kappa shape index (κ1) is 12.9. The molecule has 15 heavy (non-hydrogen) atoms. The lowest BCUT2D eigenvalue weighted by molar-refractivity contribution is 0.395. The van der Waals surface area contributed by atoms with Crippen LogP contribution in [0.5, 0.6) is 11.5 Å². The maximum absolute atomic E-state index is 5.38. The summed E-state index contributed by atoms with van der Waals surface area (Å²) in [7, 11) is 5.47. The molecule has 1 aromatic rings. The molecule has 0 bridgehead atoms. The Morgan fingerprint density at radius 2 is 1.93 bits per heavy atom. The highest BCUT2D eigenvalue weighted by Crippen LogP contribution is 2.38. The van der Waals surface area contributed by atoms with Crippen LogP contribution in [-0.4, -0.2) is 22.1 Å². The molecule has 0 saturated carbocycles. The Bertz CT molecular complexity index is 356. The van der Waals surface area contributed by atoms with Crippen molar-refractivity contribution >= 4 is 39.7 Å². The van der Waals surface area contributed by atoms with Crippen molar-refractivity contribution in [2.45, 2.75) is 11.7 Å². The largest absolute Gasteiger partial charge is 0.496 e. The first-order valence-electron chi connectivity index (χ1n) is 4.67. The molecule has 82 valence electrons. The standard InChI is InChI=1S/C10H13BBr2O2/c1-14-9-3-8(13)10(15-2)7(5-12)6(9)4-11/h3H,4-5,11H2,1-2H3. The maximum Gasteiger partial charge on any atom is 0.137 e. The summed E-state index contributed by atoms with van der Waals surface area (Å²) in [5.41, 5.74) is 2.33. The van der Waals surface area contributed by atoms with Crippen molar-refractivity contribution in [3.63, 3.8) is 0 Å². The predicted molar refractivity (Wildman–Crippen MR) is 72.1 cm³/mol. The van der Waals surface area contributed by atoms with E-state index in [9.17, 15) is 0 Å². The van der Waals surface area contributed by atoms with Gasteiger partial charge in [-0.3, -0.25) is 0 Å². The quantitative estimate of drug-likeness (QED) is 0.622. The summed E-state index contributed by atoms with van der Waals surface area (Å²) >= 11 is 6.96. The van der Waals surface area contributed by atoms with Gasteiger partial charge in [0, 0.05) is 10.9 Å². The molecule has 0 saturated heterocycles. The minimum atomic E-state index is 0.759. The number of benzene rings is 1. The molecule has 0 fully saturated rings. The highest BCUT2D eigenvalue weighted by atomic mass is 79.9. The van der Waals surface area contributed by atoms with E-state index in [1.807, 2.05) is 6.07 Å². The van der Waals surface area contributed by atoms with Gasteiger partial charge in [0.25, 0.3) is 0 Å².